The summed E-state index contributed by atoms with van der Waals surface area (Å²) < 4.78 is 76.8. The number of halogens is 4. The first kappa shape index (κ1) is 39.0. The van der Waals surface area contributed by atoms with Crippen molar-refractivity contribution in [2.45, 2.75) is 64.5 Å². The molecule has 1 atom stereocenters. The van der Waals surface area contributed by atoms with E-state index in [-0.39, 0.29) is 48.0 Å². The van der Waals surface area contributed by atoms with Gasteiger partial charge in [-0.05, 0) is 80.5 Å². The Morgan fingerprint density at radius 3 is 2.43 bits per heavy atom. The summed E-state index contributed by atoms with van der Waals surface area (Å²) >= 11 is 0. The molecule has 3 heterocycles. The molecule has 1 aliphatic rings. The third kappa shape index (κ3) is 10.7. The highest BCUT2D eigenvalue weighted by Gasteiger charge is 2.32. The molecular formula is C39H43F4N5O5. The Morgan fingerprint density at radius 2 is 1.79 bits per heavy atom. The lowest BCUT2D eigenvalue weighted by Crippen LogP contribution is -2.39. The second kappa shape index (κ2) is 17.1. The van der Waals surface area contributed by atoms with Gasteiger partial charge in [-0.25, -0.2) is 14.5 Å². The number of rotatable bonds is 12. The number of ether oxygens (including phenoxy) is 3. The molecule has 2 aromatic carbocycles. The largest absolute Gasteiger partial charge is 0.476 e. The summed E-state index contributed by atoms with van der Waals surface area (Å²) in [6.07, 6.45) is -0.168. The molecule has 2 aromatic heterocycles. The van der Waals surface area contributed by atoms with Gasteiger partial charge in [0.05, 0.1) is 23.9 Å². The van der Waals surface area contributed by atoms with E-state index in [0.717, 1.165) is 12.8 Å². The third-order valence-corrected chi connectivity index (χ3v) is 8.31. The summed E-state index contributed by atoms with van der Waals surface area (Å²) in [4.78, 5) is 30.2. The molecule has 4 aromatic rings. The molecule has 0 bridgehead atoms. The lowest BCUT2D eigenvalue weighted by molar-refractivity contribution is -0.123. The first-order valence-corrected chi connectivity index (χ1v) is 17.3. The summed E-state index contributed by atoms with van der Waals surface area (Å²) in [6.45, 7) is 5.89. The quantitative estimate of drug-likeness (QED) is 0.0890. The number of hydrogen-bond acceptors (Lipinski definition) is 7. The van der Waals surface area contributed by atoms with Crippen molar-refractivity contribution in [1.29, 1.82) is 0 Å². The summed E-state index contributed by atoms with van der Waals surface area (Å²) in [5.41, 5.74) is 0.952. The maximum Gasteiger partial charge on any atom is 0.410 e. The number of nitrogens with zero attached hydrogens (tertiary/aromatic N) is 4. The van der Waals surface area contributed by atoms with Crippen LogP contribution in [0.5, 0.6) is 5.88 Å². The first-order chi connectivity index (χ1) is 25.2. The van der Waals surface area contributed by atoms with Crippen LogP contribution < -0.4 is 10.1 Å². The van der Waals surface area contributed by atoms with Crippen molar-refractivity contribution in [1.82, 2.24) is 25.0 Å². The zero-order valence-electron chi connectivity index (χ0n) is 30.1. The molecule has 0 spiro atoms. The number of aromatic nitrogens is 3. The topological polar surface area (TPSA) is 108 Å². The predicted octanol–water partition coefficient (Wildman–Crippen LogP) is 8.10. The van der Waals surface area contributed by atoms with Crippen molar-refractivity contribution >= 4 is 34.0 Å². The van der Waals surface area contributed by atoms with E-state index in [1.165, 1.54) is 47.1 Å². The summed E-state index contributed by atoms with van der Waals surface area (Å²) in [7, 11) is 1.49. The Kier molecular flexibility index (Phi) is 12.5. The molecular weight excluding hydrogens is 694 g/mol. The molecule has 5 rings (SSSR count). The molecule has 0 saturated carbocycles. The number of likely N-dealkylation sites (N-methyl/N-ethyl adjacent to an activating group) is 1. The number of alkyl halides is 3. The molecule has 2 amide bonds. The molecule has 10 nitrogen and oxygen atoms in total. The van der Waals surface area contributed by atoms with Crippen LogP contribution in [0, 0.1) is 5.95 Å². The molecule has 1 unspecified atom stereocenters. The smallest absolute Gasteiger partial charge is 0.410 e. The highest BCUT2D eigenvalue weighted by molar-refractivity contribution is 6.00. The van der Waals surface area contributed by atoms with Crippen LogP contribution in [0.3, 0.4) is 0 Å². The molecule has 282 valence electrons. The Labute approximate surface area is 305 Å². The van der Waals surface area contributed by atoms with Gasteiger partial charge in [-0.1, -0.05) is 42.5 Å². The van der Waals surface area contributed by atoms with Crippen LogP contribution in [0.2, 0.25) is 0 Å². The van der Waals surface area contributed by atoms with Crippen LogP contribution in [-0.2, 0) is 14.3 Å². The SMILES string of the molecule is CNC(=O)/C=C/CN(CCOc1ccc(/C(=C(/CC(F)(F)F)c2ccccc2)c2ccc3c(c2)c(F)nn3C2CCCCO2)cn1)C(=O)OC(C)(C)C. The van der Waals surface area contributed by atoms with E-state index in [0.29, 0.717) is 35.2 Å². The van der Waals surface area contributed by atoms with Crippen LogP contribution in [0.25, 0.3) is 22.0 Å². The molecule has 53 heavy (non-hydrogen) atoms. The third-order valence-electron chi connectivity index (χ3n) is 8.31. The zero-order chi connectivity index (χ0) is 38.2. The minimum atomic E-state index is -4.57. The lowest BCUT2D eigenvalue weighted by Gasteiger charge is -2.26. The second-order valence-corrected chi connectivity index (χ2v) is 13.5. The van der Waals surface area contributed by atoms with Gasteiger partial charge in [0.2, 0.25) is 17.7 Å². The van der Waals surface area contributed by atoms with Gasteiger partial charge in [0.15, 0.2) is 6.23 Å². The van der Waals surface area contributed by atoms with Gasteiger partial charge in [0.25, 0.3) is 0 Å². The van der Waals surface area contributed by atoms with E-state index in [2.05, 4.69) is 15.4 Å². The maximum absolute atomic E-state index is 15.4. The normalized spacial score (nSPS) is 15.7. The van der Waals surface area contributed by atoms with Crippen molar-refractivity contribution in [3.05, 3.63) is 102 Å². The minimum absolute atomic E-state index is 0.00389. The number of hydrogen-bond donors (Lipinski definition) is 1. The van der Waals surface area contributed by atoms with Crippen molar-refractivity contribution in [2.75, 3.05) is 33.4 Å². The van der Waals surface area contributed by atoms with Crippen LogP contribution in [0.1, 0.15) is 69.4 Å². The highest BCUT2D eigenvalue weighted by atomic mass is 19.4. The Morgan fingerprint density at radius 1 is 1.04 bits per heavy atom. The Bertz CT molecular complexity index is 1930. The number of allylic oxidation sites excluding steroid dienone is 1. The summed E-state index contributed by atoms with van der Waals surface area (Å²) in [5, 5.41) is 6.72. The van der Waals surface area contributed by atoms with Crippen molar-refractivity contribution in [3.63, 3.8) is 0 Å². The second-order valence-electron chi connectivity index (χ2n) is 13.5. The van der Waals surface area contributed by atoms with Gasteiger partial charge in [-0.15, -0.1) is 5.10 Å². The van der Waals surface area contributed by atoms with Gasteiger partial charge < -0.3 is 24.4 Å². The number of benzene rings is 2. The van der Waals surface area contributed by atoms with Crippen LogP contribution in [-0.4, -0.2) is 76.8 Å². The van der Waals surface area contributed by atoms with Gasteiger partial charge in [-0.3, -0.25) is 4.79 Å². The Balaban J connectivity index is 1.47. The number of pyridine rings is 1. The molecule has 0 radical (unpaired) electrons. The summed E-state index contributed by atoms with van der Waals surface area (Å²) in [6, 6.07) is 16.2. The lowest BCUT2D eigenvalue weighted by atomic mass is 9.88. The molecule has 14 heteroatoms. The fourth-order valence-electron chi connectivity index (χ4n) is 5.91. The number of carbonyl (C=O) groups is 2. The standard InChI is InChI=1S/C39H43F4N5O5/c1-38(2,3)53-37(50)47(19-10-13-32(49)44-4)20-22-51-33-18-16-28(25-45-33)35(30(24-39(41,42)43)26-11-6-5-7-12-26)27-15-17-31-29(23-27)36(40)46-48(31)34-14-8-9-21-52-34/h5-7,10-13,15-18,23,25,34H,8-9,14,19-22,24H2,1-4H3,(H,44,49)/b13-10+,35-30-. The van der Waals surface area contributed by atoms with E-state index in [9.17, 15) is 22.8 Å². The fraction of sp³-hybridized carbons (Fsp3) is 0.385. The van der Waals surface area contributed by atoms with Gasteiger partial charge in [-0.2, -0.15) is 17.6 Å². The molecule has 1 N–H and O–H groups in total. The molecule has 0 aliphatic carbocycles. The molecule has 1 aliphatic heterocycles. The number of nitrogens with one attached hydrogen (secondary N) is 1. The fourth-order valence-corrected chi connectivity index (χ4v) is 5.91. The van der Waals surface area contributed by atoms with E-state index < -0.39 is 36.5 Å². The minimum Gasteiger partial charge on any atom is -0.476 e. The zero-order valence-corrected chi connectivity index (χ0v) is 30.1. The van der Waals surface area contributed by atoms with E-state index in [1.807, 2.05) is 0 Å². The van der Waals surface area contributed by atoms with Crippen LogP contribution >= 0.6 is 0 Å². The van der Waals surface area contributed by atoms with Crippen molar-refractivity contribution in [3.8, 4) is 5.88 Å². The molecule has 1 saturated heterocycles. The average molecular weight is 738 g/mol. The van der Waals surface area contributed by atoms with Gasteiger partial charge >= 0.3 is 12.3 Å². The summed E-state index contributed by atoms with van der Waals surface area (Å²) in [5.74, 6) is -0.924. The number of fused-ring (bicyclic) bond motifs is 1. The van der Waals surface area contributed by atoms with Crippen LogP contribution in [0.15, 0.2) is 79.0 Å². The van der Waals surface area contributed by atoms with E-state index in [1.54, 1.807) is 69.3 Å². The predicted molar refractivity (Wildman–Crippen MR) is 192 cm³/mol. The maximum atomic E-state index is 15.4. The number of carbonyl (C=O) groups excluding carboxylic acids is 2. The van der Waals surface area contributed by atoms with Crippen LogP contribution in [0.4, 0.5) is 22.4 Å². The van der Waals surface area contributed by atoms with Crippen molar-refractivity contribution < 1.29 is 41.4 Å². The monoisotopic (exact) mass is 737 g/mol. The van der Waals surface area contributed by atoms with Gasteiger partial charge in [0.1, 0.15) is 12.2 Å². The average Bonchev–Trinajstić information content (AvgIpc) is 3.46. The Hall–Kier alpha value is -5.24. The number of amides is 2. The first-order valence-electron chi connectivity index (χ1n) is 17.3. The van der Waals surface area contributed by atoms with Gasteiger partial charge in [0, 0.05) is 44.1 Å². The van der Waals surface area contributed by atoms with Crippen molar-refractivity contribution in [2.24, 2.45) is 0 Å². The molecule has 1 fully saturated rings. The van der Waals surface area contributed by atoms with E-state index in [4.69, 9.17) is 14.2 Å². The van der Waals surface area contributed by atoms with E-state index >= 15 is 4.39 Å². The highest BCUT2D eigenvalue weighted by Crippen LogP contribution is 2.40.